The van der Waals surface area contributed by atoms with Crippen molar-refractivity contribution in [3.63, 3.8) is 0 Å². The fourth-order valence-corrected chi connectivity index (χ4v) is 3.47. The Hall–Kier alpha value is -2.44. The molecule has 2 N–H and O–H groups in total. The number of rotatable bonds is 6. The molecule has 1 aliphatic carbocycles. The molecule has 7 heteroatoms. The van der Waals surface area contributed by atoms with Crippen molar-refractivity contribution in [3.8, 4) is 0 Å². The van der Waals surface area contributed by atoms with E-state index in [0.29, 0.717) is 11.6 Å². The van der Waals surface area contributed by atoms with Gasteiger partial charge in [0.1, 0.15) is 12.1 Å². The second-order valence-corrected chi connectivity index (χ2v) is 6.41. The first-order valence-corrected chi connectivity index (χ1v) is 8.36. The molecule has 128 valence electrons. The zero-order chi connectivity index (χ0) is 17.1. The number of hydrogen-bond donors (Lipinski definition) is 2. The number of hydrogen-bond acceptors (Lipinski definition) is 5. The molecule has 0 radical (unpaired) electrons. The van der Waals surface area contributed by atoms with Gasteiger partial charge in [-0.3, -0.25) is 9.59 Å². The maximum Gasteiger partial charge on any atom is 0.303 e. The van der Waals surface area contributed by atoms with Crippen molar-refractivity contribution in [2.24, 2.45) is 5.92 Å². The molecular weight excluding hydrogens is 310 g/mol. The zero-order valence-electron chi connectivity index (χ0n) is 13.4. The van der Waals surface area contributed by atoms with E-state index in [1.165, 1.54) is 42.6 Å². The minimum absolute atomic E-state index is 0.00775. The van der Waals surface area contributed by atoms with Crippen molar-refractivity contribution in [3.05, 3.63) is 33.5 Å². The summed E-state index contributed by atoms with van der Waals surface area (Å²) in [5.41, 5.74) is 1.04. The number of carboxylic acid groups (broad SMARTS) is 1. The van der Waals surface area contributed by atoms with E-state index in [-0.39, 0.29) is 29.4 Å². The molecule has 0 bridgehead atoms. The van der Waals surface area contributed by atoms with Gasteiger partial charge >= 0.3 is 5.97 Å². The first-order valence-electron chi connectivity index (χ1n) is 8.36. The van der Waals surface area contributed by atoms with Crippen molar-refractivity contribution in [1.82, 2.24) is 14.6 Å². The van der Waals surface area contributed by atoms with E-state index in [0.717, 1.165) is 18.4 Å². The van der Waals surface area contributed by atoms with E-state index in [4.69, 9.17) is 5.11 Å². The minimum atomic E-state index is -1.03. The van der Waals surface area contributed by atoms with Crippen LogP contribution in [-0.2, 0) is 11.2 Å². The molecule has 0 saturated heterocycles. The number of carboxylic acids is 1. The summed E-state index contributed by atoms with van der Waals surface area (Å²) < 4.78 is 1.34. The number of aliphatic hydroxyl groups is 1. The third kappa shape index (κ3) is 3.39. The maximum atomic E-state index is 12.4. The molecule has 0 spiro atoms. The third-order valence-electron chi connectivity index (χ3n) is 4.73. The van der Waals surface area contributed by atoms with E-state index in [1.807, 2.05) is 0 Å². The van der Waals surface area contributed by atoms with Crippen LogP contribution in [0.1, 0.15) is 50.5 Å². The van der Waals surface area contributed by atoms with E-state index >= 15 is 0 Å². The molecule has 0 aromatic carbocycles. The van der Waals surface area contributed by atoms with Gasteiger partial charge in [0.25, 0.3) is 0 Å². The van der Waals surface area contributed by atoms with Crippen molar-refractivity contribution in [2.75, 3.05) is 0 Å². The Morgan fingerprint density at radius 3 is 2.71 bits per heavy atom. The summed E-state index contributed by atoms with van der Waals surface area (Å²) in [6.07, 6.45) is 7.83. The summed E-state index contributed by atoms with van der Waals surface area (Å²) in [5, 5.41) is 22.9. The number of aliphatic carboxylic acids is 1. The number of carbonyl (C=O) groups is 1. The largest absolute Gasteiger partial charge is 0.510 e. The minimum Gasteiger partial charge on any atom is -0.510 e. The van der Waals surface area contributed by atoms with Gasteiger partial charge in [0.05, 0.1) is 6.42 Å². The first kappa shape index (κ1) is 16.4. The molecular formula is C17H21N3O4. The molecule has 0 amide bonds. The Kier molecular flexibility index (Phi) is 4.78. The Morgan fingerprint density at radius 2 is 2.00 bits per heavy atom. The third-order valence-corrected chi connectivity index (χ3v) is 4.73. The molecule has 1 saturated carbocycles. The first-order chi connectivity index (χ1) is 11.6. The van der Waals surface area contributed by atoms with Gasteiger partial charge in [-0.2, -0.15) is 5.10 Å². The van der Waals surface area contributed by atoms with Gasteiger partial charge in [0, 0.05) is 12.0 Å². The number of aryl methyl sites for hydroxylation is 1. The van der Waals surface area contributed by atoms with Crippen LogP contribution < -0.4 is 10.8 Å². The lowest BCUT2D eigenvalue weighted by atomic mass is 9.98. The topological polar surface area (TPSA) is 105 Å². The van der Waals surface area contributed by atoms with Crippen LogP contribution in [0.4, 0.5) is 0 Å². The molecule has 1 fully saturated rings. The Morgan fingerprint density at radius 1 is 1.25 bits per heavy atom. The fourth-order valence-electron chi connectivity index (χ4n) is 3.47. The van der Waals surface area contributed by atoms with Crippen LogP contribution in [0.5, 0.6) is 0 Å². The SMILES string of the molecule is O=C(O)CC/C(O)=c1\c(=O)cc(CCC2CCCC2)c2ncnn12. The van der Waals surface area contributed by atoms with Gasteiger partial charge in [0.2, 0.25) is 5.43 Å². The molecule has 2 aromatic rings. The van der Waals surface area contributed by atoms with Crippen LogP contribution in [0, 0.1) is 5.92 Å². The van der Waals surface area contributed by atoms with Gasteiger partial charge in [-0.1, -0.05) is 25.7 Å². The molecule has 0 unspecified atom stereocenters. The van der Waals surface area contributed by atoms with Crippen LogP contribution in [0.2, 0.25) is 0 Å². The monoisotopic (exact) mass is 331 g/mol. The summed E-state index contributed by atoms with van der Waals surface area (Å²) in [4.78, 5) is 27.3. The molecule has 1 aliphatic rings. The summed E-state index contributed by atoms with van der Waals surface area (Å²) in [6.45, 7) is 0. The van der Waals surface area contributed by atoms with Gasteiger partial charge in [-0.05, 0) is 24.8 Å². The Balaban J connectivity index is 1.95. The highest BCUT2D eigenvalue weighted by atomic mass is 16.4. The number of fused-ring (bicyclic) bond motifs is 1. The standard InChI is InChI=1S/C17H21N3O4/c21-13(7-8-15(23)24)16-14(22)9-12(17-18-10-19-20(16)17)6-5-11-3-1-2-4-11/h9-11,21H,1-8H2,(H,23,24)/b16-13-. The van der Waals surface area contributed by atoms with Crippen LogP contribution in [0.3, 0.4) is 0 Å². The van der Waals surface area contributed by atoms with Crippen molar-refractivity contribution < 1.29 is 15.0 Å². The second-order valence-electron chi connectivity index (χ2n) is 6.41. The van der Waals surface area contributed by atoms with Crippen molar-refractivity contribution in [2.45, 2.75) is 51.4 Å². The average Bonchev–Trinajstić information content (AvgIpc) is 3.21. The molecule has 0 atom stereocenters. The molecule has 3 rings (SSSR count). The van der Waals surface area contributed by atoms with Crippen LogP contribution in [0.25, 0.3) is 11.4 Å². The molecule has 2 heterocycles. The normalized spacial score (nSPS) is 16.7. The summed E-state index contributed by atoms with van der Waals surface area (Å²) in [5.74, 6) is -0.587. The Labute approximate surface area is 138 Å². The van der Waals surface area contributed by atoms with E-state index in [1.54, 1.807) is 0 Å². The van der Waals surface area contributed by atoms with Crippen LogP contribution >= 0.6 is 0 Å². The summed E-state index contributed by atoms with van der Waals surface area (Å²) in [6, 6.07) is 1.51. The predicted octanol–water partition coefficient (Wildman–Crippen LogP) is 1.46. The highest BCUT2D eigenvalue weighted by Crippen LogP contribution is 2.28. The van der Waals surface area contributed by atoms with Gasteiger partial charge in [0.15, 0.2) is 11.0 Å². The molecule has 2 aromatic heterocycles. The van der Waals surface area contributed by atoms with E-state index in [2.05, 4.69) is 10.1 Å². The quantitative estimate of drug-likeness (QED) is 0.830. The van der Waals surface area contributed by atoms with Crippen molar-refractivity contribution >= 4 is 17.4 Å². The lowest BCUT2D eigenvalue weighted by Gasteiger charge is -2.09. The molecule has 0 aliphatic heterocycles. The maximum absolute atomic E-state index is 12.4. The van der Waals surface area contributed by atoms with Gasteiger partial charge in [-0.25, -0.2) is 9.50 Å². The van der Waals surface area contributed by atoms with Gasteiger partial charge < -0.3 is 10.2 Å². The average molecular weight is 331 g/mol. The van der Waals surface area contributed by atoms with E-state index in [9.17, 15) is 14.7 Å². The second kappa shape index (κ2) is 6.98. The lowest BCUT2D eigenvalue weighted by Crippen LogP contribution is -2.35. The summed E-state index contributed by atoms with van der Waals surface area (Å²) in [7, 11) is 0. The predicted molar refractivity (Wildman–Crippen MR) is 87.7 cm³/mol. The highest BCUT2D eigenvalue weighted by molar-refractivity contribution is 5.68. The van der Waals surface area contributed by atoms with Crippen molar-refractivity contribution in [1.29, 1.82) is 0 Å². The number of pyridine rings is 1. The number of aromatic nitrogens is 3. The fraction of sp³-hybridized carbons (Fsp3) is 0.529. The number of nitrogens with zero attached hydrogens (tertiary/aromatic N) is 3. The smallest absolute Gasteiger partial charge is 0.303 e. The summed E-state index contributed by atoms with van der Waals surface area (Å²) >= 11 is 0. The zero-order valence-corrected chi connectivity index (χ0v) is 13.4. The van der Waals surface area contributed by atoms with Crippen LogP contribution in [-0.4, -0.2) is 30.8 Å². The number of aliphatic hydroxyl groups excluding tert-OH is 1. The molecule has 7 nitrogen and oxygen atoms in total. The van der Waals surface area contributed by atoms with E-state index < -0.39 is 5.97 Å². The van der Waals surface area contributed by atoms with Crippen LogP contribution in [0.15, 0.2) is 17.2 Å². The Bertz CT molecular complexity index is 853. The highest BCUT2D eigenvalue weighted by Gasteiger charge is 2.17. The molecule has 24 heavy (non-hydrogen) atoms. The van der Waals surface area contributed by atoms with Gasteiger partial charge in [-0.15, -0.1) is 0 Å². The lowest BCUT2D eigenvalue weighted by molar-refractivity contribution is -0.136.